The molecule has 0 unspecified atom stereocenters. The number of hydrogen-bond acceptors (Lipinski definition) is 2. The Labute approximate surface area is 137 Å². The first-order chi connectivity index (χ1) is 11.3. The van der Waals surface area contributed by atoms with Crippen molar-refractivity contribution in [1.29, 1.82) is 0 Å². The van der Waals surface area contributed by atoms with Gasteiger partial charge in [-0.3, -0.25) is 0 Å². The van der Waals surface area contributed by atoms with Gasteiger partial charge in [0.2, 0.25) is 0 Å². The van der Waals surface area contributed by atoms with Crippen molar-refractivity contribution in [2.75, 3.05) is 0 Å². The topological polar surface area (TPSA) is 18.5 Å². The zero-order valence-electron chi connectivity index (χ0n) is 12.9. The van der Waals surface area contributed by atoms with E-state index in [1.54, 1.807) is 0 Å². The molecule has 0 fully saturated rings. The van der Waals surface area contributed by atoms with Crippen molar-refractivity contribution in [1.82, 2.24) is 0 Å². The Morgan fingerprint density at radius 2 is 1.17 bits per heavy atom. The van der Waals surface area contributed by atoms with E-state index in [0.717, 1.165) is 22.4 Å². The predicted octanol–water partition coefficient (Wildman–Crippen LogP) is 5.03. The molecule has 0 bridgehead atoms. The van der Waals surface area contributed by atoms with Crippen molar-refractivity contribution < 1.29 is 9.47 Å². The van der Waals surface area contributed by atoms with Gasteiger partial charge in [-0.25, -0.2) is 0 Å². The van der Waals surface area contributed by atoms with E-state index in [9.17, 15) is 0 Å². The smallest absolute Gasteiger partial charge is 0.164 e. The van der Waals surface area contributed by atoms with E-state index in [4.69, 9.17) is 9.47 Å². The predicted molar refractivity (Wildman–Crippen MR) is 92.4 cm³/mol. The fraction of sp³-hybridized carbons (Fsp3) is 0.0952. The number of hydrogen-bond donors (Lipinski definition) is 0. The molecule has 0 amide bonds. The molecule has 0 heterocycles. The van der Waals surface area contributed by atoms with Gasteiger partial charge in [0, 0.05) is 0 Å². The molecule has 0 N–H and O–H groups in total. The summed E-state index contributed by atoms with van der Waals surface area (Å²) in [4.78, 5) is 0. The average Bonchev–Trinajstić information content (AvgIpc) is 2.61. The molecule has 1 radical (unpaired) electrons. The highest BCUT2D eigenvalue weighted by Crippen LogP contribution is 2.32. The van der Waals surface area contributed by atoms with Gasteiger partial charge in [-0.1, -0.05) is 72.8 Å². The van der Waals surface area contributed by atoms with Crippen LogP contribution in [-0.2, 0) is 13.2 Å². The molecule has 0 aliphatic rings. The summed E-state index contributed by atoms with van der Waals surface area (Å²) in [7, 11) is 0. The van der Waals surface area contributed by atoms with Crippen molar-refractivity contribution in [3.8, 4) is 11.5 Å². The Hall–Kier alpha value is -2.74. The first kappa shape index (κ1) is 15.2. The summed E-state index contributed by atoms with van der Waals surface area (Å²) >= 11 is 0. The lowest BCUT2D eigenvalue weighted by Crippen LogP contribution is -2.01. The van der Waals surface area contributed by atoms with Crippen LogP contribution in [0.5, 0.6) is 11.5 Å². The van der Waals surface area contributed by atoms with Gasteiger partial charge >= 0.3 is 0 Å². The highest BCUT2D eigenvalue weighted by molar-refractivity contribution is 5.48. The molecule has 2 nitrogen and oxygen atoms in total. The summed E-state index contributed by atoms with van der Waals surface area (Å²) in [6.45, 7) is 5.04. The van der Waals surface area contributed by atoms with Crippen LogP contribution in [0.4, 0.5) is 0 Å². The molecular formula is C21H19O2. The first-order valence-corrected chi connectivity index (χ1v) is 7.61. The maximum Gasteiger partial charge on any atom is 0.164 e. The molecule has 0 aliphatic carbocycles. The summed E-state index contributed by atoms with van der Waals surface area (Å²) in [6.07, 6.45) is 0. The Balaban J connectivity index is 1.71. The normalized spacial score (nSPS) is 10.3. The van der Waals surface area contributed by atoms with Crippen molar-refractivity contribution in [3.63, 3.8) is 0 Å². The van der Waals surface area contributed by atoms with Crippen LogP contribution < -0.4 is 9.47 Å². The molecule has 3 rings (SSSR count). The minimum absolute atomic E-state index is 0.495. The van der Waals surface area contributed by atoms with Gasteiger partial charge in [0.15, 0.2) is 11.5 Å². The van der Waals surface area contributed by atoms with Crippen molar-refractivity contribution in [3.05, 3.63) is 102 Å². The molecule has 0 saturated heterocycles. The van der Waals surface area contributed by atoms with E-state index in [1.165, 1.54) is 0 Å². The molecule has 0 aromatic heterocycles. The molecule has 0 saturated carbocycles. The monoisotopic (exact) mass is 303 g/mol. The van der Waals surface area contributed by atoms with E-state index in [2.05, 4.69) is 6.92 Å². The van der Waals surface area contributed by atoms with Crippen LogP contribution in [0.2, 0.25) is 0 Å². The minimum atomic E-state index is 0.495. The third-order valence-electron chi connectivity index (χ3n) is 3.52. The van der Waals surface area contributed by atoms with Crippen molar-refractivity contribution >= 4 is 0 Å². The number of para-hydroxylation sites is 1. The molecule has 3 aromatic rings. The average molecular weight is 303 g/mol. The van der Waals surface area contributed by atoms with Gasteiger partial charge in [0.25, 0.3) is 0 Å². The number of benzene rings is 3. The largest absolute Gasteiger partial charge is 0.485 e. The van der Waals surface area contributed by atoms with Gasteiger partial charge in [0.05, 0.1) is 0 Å². The number of rotatable bonds is 6. The molecule has 2 heteroatoms. The minimum Gasteiger partial charge on any atom is -0.485 e. The first-order valence-electron chi connectivity index (χ1n) is 7.61. The molecule has 23 heavy (non-hydrogen) atoms. The number of ether oxygens (including phenoxy) is 2. The zero-order chi connectivity index (χ0) is 15.9. The third kappa shape index (κ3) is 4.13. The second-order valence-corrected chi connectivity index (χ2v) is 5.29. The van der Waals surface area contributed by atoms with Crippen molar-refractivity contribution in [2.45, 2.75) is 13.2 Å². The maximum atomic E-state index is 5.95. The van der Waals surface area contributed by atoms with Crippen LogP contribution in [0.15, 0.2) is 78.9 Å². The lowest BCUT2D eigenvalue weighted by Gasteiger charge is -2.15. The van der Waals surface area contributed by atoms with Crippen LogP contribution in [0.1, 0.15) is 16.7 Å². The SMILES string of the molecule is [CH2]c1cccc(OCc2ccccc2)c1OCc1ccccc1. The molecular weight excluding hydrogens is 284 g/mol. The Bertz CT molecular complexity index is 736. The van der Waals surface area contributed by atoms with Crippen LogP contribution in [0, 0.1) is 6.92 Å². The van der Waals surface area contributed by atoms with Gasteiger partial charge in [-0.15, -0.1) is 0 Å². The fourth-order valence-electron chi connectivity index (χ4n) is 2.30. The third-order valence-corrected chi connectivity index (χ3v) is 3.52. The van der Waals surface area contributed by atoms with E-state index >= 15 is 0 Å². The van der Waals surface area contributed by atoms with Gasteiger partial charge in [-0.2, -0.15) is 0 Å². The zero-order valence-corrected chi connectivity index (χ0v) is 12.9. The Morgan fingerprint density at radius 3 is 1.78 bits per heavy atom. The summed E-state index contributed by atoms with van der Waals surface area (Å²) in [5.41, 5.74) is 3.06. The molecule has 115 valence electrons. The molecule has 0 atom stereocenters. The van der Waals surface area contributed by atoms with E-state index in [1.807, 2.05) is 78.9 Å². The quantitative estimate of drug-likeness (QED) is 0.636. The van der Waals surface area contributed by atoms with Crippen LogP contribution >= 0.6 is 0 Å². The second-order valence-electron chi connectivity index (χ2n) is 5.29. The lowest BCUT2D eigenvalue weighted by atomic mass is 10.2. The Morgan fingerprint density at radius 1 is 0.609 bits per heavy atom. The van der Waals surface area contributed by atoms with Crippen LogP contribution in [0.3, 0.4) is 0 Å². The lowest BCUT2D eigenvalue weighted by molar-refractivity contribution is 0.255. The molecule has 0 aliphatic heterocycles. The summed E-state index contributed by atoms with van der Waals surface area (Å²) in [5.74, 6) is 1.42. The summed E-state index contributed by atoms with van der Waals surface area (Å²) in [5, 5.41) is 0. The van der Waals surface area contributed by atoms with Crippen LogP contribution in [0.25, 0.3) is 0 Å². The standard InChI is InChI=1S/C21H19O2/c1-17-9-8-14-20(22-15-18-10-4-2-5-11-18)21(17)23-16-19-12-6-3-7-13-19/h2-14H,1,15-16H2. The van der Waals surface area contributed by atoms with Gasteiger partial charge < -0.3 is 9.47 Å². The van der Waals surface area contributed by atoms with Gasteiger partial charge in [-0.05, 0) is 29.7 Å². The van der Waals surface area contributed by atoms with Crippen molar-refractivity contribution in [2.24, 2.45) is 0 Å². The maximum absolute atomic E-state index is 5.95. The van der Waals surface area contributed by atoms with E-state index in [-0.39, 0.29) is 0 Å². The molecule has 3 aromatic carbocycles. The Kier molecular flexibility index (Phi) is 4.95. The summed E-state index contributed by atoms with van der Waals surface area (Å²) in [6, 6.07) is 25.9. The highest BCUT2D eigenvalue weighted by atomic mass is 16.5. The van der Waals surface area contributed by atoms with Gasteiger partial charge in [0.1, 0.15) is 13.2 Å². The second kappa shape index (κ2) is 7.50. The van der Waals surface area contributed by atoms with Crippen LogP contribution in [-0.4, -0.2) is 0 Å². The van der Waals surface area contributed by atoms with E-state index < -0.39 is 0 Å². The van der Waals surface area contributed by atoms with E-state index in [0.29, 0.717) is 19.0 Å². The summed E-state index contributed by atoms with van der Waals surface area (Å²) < 4.78 is 11.9. The fourth-order valence-corrected chi connectivity index (χ4v) is 2.30. The molecule has 0 spiro atoms. The highest BCUT2D eigenvalue weighted by Gasteiger charge is 2.09.